The van der Waals surface area contributed by atoms with Crippen LogP contribution in [0.25, 0.3) is 0 Å². The number of nitrogens with zero attached hydrogens (tertiary/aromatic N) is 3. The summed E-state index contributed by atoms with van der Waals surface area (Å²) in [5.41, 5.74) is 2.31. The van der Waals surface area contributed by atoms with E-state index < -0.39 is 6.10 Å². The summed E-state index contributed by atoms with van der Waals surface area (Å²) in [4.78, 5) is 17.8. The van der Waals surface area contributed by atoms with Crippen LogP contribution in [0.3, 0.4) is 0 Å². The number of hydrogen-bond acceptors (Lipinski definition) is 7. The Morgan fingerprint density at radius 2 is 1.91 bits per heavy atom. The van der Waals surface area contributed by atoms with Crippen LogP contribution in [-0.4, -0.2) is 77.4 Å². The summed E-state index contributed by atoms with van der Waals surface area (Å²) in [6, 6.07) is 7.37. The van der Waals surface area contributed by atoms with E-state index in [-0.39, 0.29) is 11.9 Å². The SMILES string of the molecule is Cc1noc(C)c1COc1ccc(C(=O)N[C@H]2CN(C3CCN(C)CC3)CCC[C@H]2O)cc1. The van der Waals surface area contributed by atoms with Crippen LogP contribution in [0.4, 0.5) is 0 Å². The van der Waals surface area contributed by atoms with Gasteiger partial charge in [-0.1, -0.05) is 5.16 Å². The summed E-state index contributed by atoms with van der Waals surface area (Å²) in [6.45, 7) is 8.00. The van der Waals surface area contributed by atoms with E-state index in [0.717, 1.165) is 55.9 Å². The molecule has 8 heteroatoms. The third kappa shape index (κ3) is 5.93. The number of likely N-dealkylation sites (tertiary alicyclic amines) is 2. The van der Waals surface area contributed by atoms with Crippen LogP contribution in [-0.2, 0) is 6.61 Å². The fourth-order valence-electron chi connectivity index (χ4n) is 4.82. The molecule has 0 radical (unpaired) electrons. The van der Waals surface area contributed by atoms with Crippen molar-refractivity contribution in [2.75, 3.05) is 33.2 Å². The average Bonchev–Trinajstić information content (AvgIpc) is 3.02. The standard InChI is InChI=1S/C25H36N4O4/c1-17-22(18(2)33-27-17)16-32-21-8-6-19(7-9-21)25(31)26-23-15-29(12-4-5-24(23)30)20-10-13-28(3)14-11-20/h6-9,20,23-24,30H,4-5,10-16H2,1-3H3,(H,26,31)/t23-,24+/m0/s1. The molecule has 0 unspecified atom stereocenters. The van der Waals surface area contributed by atoms with Gasteiger partial charge in [-0.25, -0.2) is 0 Å². The molecule has 1 aromatic carbocycles. The smallest absolute Gasteiger partial charge is 0.251 e. The lowest BCUT2D eigenvalue weighted by Gasteiger charge is -2.38. The minimum absolute atomic E-state index is 0.165. The lowest BCUT2D eigenvalue weighted by Crippen LogP contribution is -2.52. The molecule has 33 heavy (non-hydrogen) atoms. The molecule has 0 spiro atoms. The van der Waals surface area contributed by atoms with Crippen molar-refractivity contribution >= 4 is 5.91 Å². The van der Waals surface area contributed by atoms with E-state index in [9.17, 15) is 9.90 Å². The summed E-state index contributed by atoms with van der Waals surface area (Å²) in [6.07, 6.45) is 3.42. The highest BCUT2D eigenvalue weighted by Crippen LogP contribution is 2.22. The molecule has 1 amide bonds. The number of carbonyl (C=O) groups excluding carboxylic acids is 1. The van der Waals surface area contributed by atoms with Crippen molar-refractivity contribution in [2.45, 2.75) is 64.3 Å². The normalized spacial score (nSPS) is 23.3. The Labute approximate surface area is 195 Å². The lowest BCUT2D eigenvalue weighted by atomic mass is 10.0. The molecule has 2 saturated heterocycles. The Bertz CT molecular complexity index is 901. The predicted octanol–water partition coefficient (Wildman–Crippen LogP) is 2.52. The maximum atomic E-state index is 12.9. The van der Waals surface area contributed by atoms with Crippen LogP contribution in [0, 0.1) is 13.8 Å². The van der Waals surface area contributed by atoms with Gasteiger partial charge in [-0.2, -0.15) is 0 Å². The molecule has 1 aromatic heterocycles. The number of ether oxygens (including phenoxy) is 1. The van der Waals surface area contributed by atoms with Crippen LogP contribution in [0.15, 0.2) is 28.8 Å². The van der Waals surface area contributed by atoms with Gasteiger partial charge in [0.15, 0.2) is 0 Å². The first kappa shape index (κ1) is 23.7. The first-order valence-corrected chi connectivity index (χ1v) is 12.0. The van der Waals surface area contributed by atoms with Gasteiger partial charge in [0.25, 0.3) is 5.91 Å². The van der Waals surface area contributed by atoms with Gasteiger partial charge in [0.1, 0.15) is 18.1 Å². The summed E-state index contributed by atoms with van der Waals surface area (Å²) < 4.78 is 11.0. The molecule has 2 N–H and O–H groups in total. The van der Waals surface area contributed by atoms with Gasteiger partial charge < -0.3 is 24.6 Å². The molecule has 2 aliphatic rings. The molecule has 180 valence electrons. The Morgan fingerprint density at radius 3 is 2.58 bits per heavy atom. The third-order valence-corrected chi connectivity index (χ3v) is 7.04. The van der Waals surface area contributed by atoms with Crippen molar-refractivity contribution in [2.24, 2.45) is 0 Å². The minimum atomic E-state index is -0.525. The summed E-state index contributed by atoms with van der Waals surface area (Å²) >= 11 is 0. The maximum Gasteiger partial charge on any atom is 0.251 e. The largest absolute Gasteiger partial charge is 0.489 e. The van der Waals surface area contributed by atoms with Crippen LogP contribution < -0.4 is 10.1 Å². The monoisotopic (exact) mass is 456 g/mol. The van der Waals surface area contributed by atoms with E-state index in [1.165, 1.54) is 0 Å². The molecule has 8 nitrogen and oxygen atoms in total. The number of aromatic nitrogens is 1. The van der Waals surface area contributed by atoms with E-state index in [4.69, 9.17) is 9.26 Å². The third-order valence-electron chi connectivity index (χ3n) is 7.04. The fraction of sp³-hybridized carbons (Fsp3) is 0.600. The highest BCUT2D eigenvalue weighted by atomic mass is 16.5. The van der Waals surface area contributed by atoms with Gasteiger partial charge >= 0.3 is 0 Å². The molecule has 2 fully saturated rings. The molecule has 0 aliphatic carbocycles. The molecular weight excluding hydrogens is 420 g/mol. The molecule has 0 bridgehead atoms. The number of nitrogens with one attached hydrogen (secondary N) is 1. The second-order valence-corrected chi connectivity index (χ2v) is 9.43. The highest BCUT2D eigenvalue weighted by molar-refractivity contribution is 5.94. The van der Waals surface area contributed by atoms with Gasteiger partial charge in [0.2, 0.25) is 0 Å². The molecule has 2 atom stereocenters. The second kappa shape index (κ2) is 10.7. The Balaban J connectivity index is 1.34. The number of aliphatic hydroxyl groups excluding tert-OH is 1. The van der Waals surface area contributed by atoms with Crippen molar-refractivity contribution < 1.29 is 19.2 Å². The molecular formula is C25H36N4O4. The molecule has 3 heterocycles. The van der Waals surface area contributed by atoms with Crippen molar-refractivity contribution in [3.63, 3.8) is 0 Å². The van der Waals surface area contributed by atoms with Crippen LogP contribution >= 0.6 is 0 Å². The van der Waals surface area contributed by atoms with E-state index in [2.05, 4.69) is 27.3 Å². The zero-order valence-electron chi connectivity index (χ0n) is 19.9. The number of piperidine rings is 1. The van der Waals surface area contributed by atoms with Crippen molar-refractivity contribution in [3.8, 4) is 5.75 Å². The fourth-order valence-corrected chi connectivity index (χ4v) is 4.82. The quantitative estimate of drug-likeness (QED) is 0.690. The van der Waals surface area contributed by atoms with Crippen molar-refractivity contribution in [1.82, 2.24) is 20.3 Å². The Morgan fingerprint density at radius 1 is 1.18 bits per heavy atom. The number of amides is 1. The molecule has 2 aromatic rings. The number of benzene rings is 1. The second-order valence-electron chi connectivity index (χ2n) is 9.43. The highest BCUT2D eigenvalue weighted by Gasteiger charge is 2.31. The van der Waals surface area contributed by atoms with Gasteiger partial charge in [-0.15, -0.1) is 0 Å². The van der Waals surface area contributed by atoms with Gasteiger partial charge in [0.05, 0.1) is 23.4 Å². The number of aryl methyl sites for hydroxylation is 2. The number of aliphatic hydroxyl groups is 1. The number of hydrogen-bond donors (Lipinski definition) is 2. The summed E-state index contributed by atoms with van der Waals surface area (Å²) in [7, 11) is 2.17. The molecule has 0 saturated carbocycles. The molecule has 4 rings (SSSR count). The van der Waals surface area contributed by atoms with Crippen molar-refractivity contribution in [3.05, 3.63) is 46.8 Å². The van der Waals surface area contributed by atoms with Crippen LogP contribution in [0.2, 0.25) is 0 Å². The zero-order chi connectivity index (χ0) is 23.4. The van der Waals surface area contributed by atoms with E-state index >= 15 is 0 Å². The van der Waals surface area contributed by atoms with Crippen LogP contribution in [0.1, 0.15) is 53.1 Å². The Kier molecular flexibility index (Phi) is 7.67. The number of carbonyl (C=O) groups is 1. The van der Waals surface area contributed by atoms with E-state index in [1.807, 2.05) is 13.8 Å². The molecule has 2 aliphatic heterocycles. The summed E-state index contributed by atoms with van der Waals surface area (Å²) in [5.74, 6) is 1.26. The first-order chi connectivity index (χ1) is 15.9. The minimum Gasteiger partial charge on any atom is -0.489 e. The zero-order valence-corrected chi connectivity index (χ0v) is 19.9. The van der Waals surface area contributed by atoms with Gasteiger partial charge in [-0.05, 0) is 90.5 Å². The van der Waals surface area contributed by atoms with Gasteiger partial charge in [-0.3, -0.25) is 9.69 Å². The van der Waals surface area contributed by atoms with Crippen LogP contribution in [0.5, 0.6) is 5.75 Å². The van der Waals surface area contributed by atoms with E-state index in [0.29, 0.717) is 36.9 Å². The summed E-state index contributed by atoms with van der Waals surface area (Å²) in [5, 5.41) is 17.7. The predicted molar refractivity (Wildman–Crippen MR) is 125 cm³/mol. The average molecular weight is 457 g/mol. The van der Waals surface area contributed by atoms with Crippen molar-refractivity contribution in [1.29, 1.82) is 0 Å². The Hall–Kier alpha value is -2.42. The topological polar surface area (TPSA) is 91.1 Å². The lowest BCUT2D eigenvalue weighted by molar-refractivity contribution is 0.0723. The first-order valence-electron chi connectivity index (χ1n) is 12.0. The van der Waals surface area contributed by atoms with Gasteiger partial charge in [0, 0.05) is 18.2 Å². The maximum absolute atomic E-state index is 12.9. The number of rotatable bonds is 6. The van der Waals surface area contributed by atoms with E-state index in [1.54, 1.807) is 24.3 Å².